The Bertz CT molecular complexity index is 547. The van der Waals surface area contributed by atoms with Gasteiger partial charge in [0.25, 0.3) is 0 Å². The molecule has 0 atom stereocenters. The first-order chi connectivity index (χ1) is 7.86. The van der Waals surface area contributed by atoms with E-state index in [1.807, 2.05) is 24.3 Å². The lowest BCUT2D eigenvalue weighted by Crippen LogP contribution is -2.10. The van der Waals surface area contributed by atoms with E-state index in [0.29, 0.717) is 11.7 Å². The molecule has 0 aliphatic carbocycles. The molecule has 0 saturated heterocycles. The van der Waals surface area contributed by atoms with Crippen LogP contribution in [0.4, 0.5) is 5.82 Å². The van der Waals surface area contributed by atoms with E-state index in [1.165, 1.54) is 0 Å². The van der Waals surface area contributed by atoms with E-state index >= 15 is 0 Å². The molecule has 0 aliphatic rings. The summed E-state index contributed by atoms with van der Waals surface area (Å²) in [5.74, 6) is 8.63. The van der Waals surface area contributed by atoms with Crippen molar-refractivity contribution in [2.45, 2.75) is 0 Å². The molecule has 0 fully saturated rings. The summed E-state index contributed by atoms with van der Waals surface area (Å²) in [6, 6.07) is 7.52. The highest BCUT2D eigenvalue weighted by atomic mass is 16.5. The average molecular weight is 214 g/mol. The summed E-state index contributed by atoms with van der Waals surface area (Å²) in [5.41, 5.74) is 2.48. The molecule has 0 amide bonds. The summed E-state index contributed by atoms with van der Waals surface area (Å²) < 4.78 is 5.29. The SMILES string of the molecule is C#CCOc1nnc(NN)c2ccccc12. The van der Waals surface area contributed by atoms with Gasteiger partial charge in [0, 0.05) is 10.8 Å². The molecule has 0 bridgehead atoms. The summed E-state index contributed by atoms with van der Waals surface area (Å²) in [4.78, 5) is 0. The minimum atomic E-state index is 0.161. The second-order valence-electron chi connectivity index (χ2n) is 3.04. The van der Waals surface area contributed by atoms with Crippen molar-refractivity contribution in [1.29, 1.82) is 0 Å². The maximum absolute atomic E-state index is 5.34. The van der Waals surface area contributed by atoms with Gasteiger partial charge in [-0.1, -0.05) is 24.1 Å². The van der Waals surface area contributed by atoms with Crippen molar-refractivity contribution in [2.75, 3.05) is 12.0 Å². The van der Waals surface area contributed by atoms with Crippen LogP contribution in [0, 0.1) is 12.3 Å². The van der Waals surface area contributed by atoms with Gasteiger partial charge in [-0.2, -0.15) is 0 Å². The van der Waals surface area contributed by atoms with Crippen LogP contribution in [0.2, 0.25) is 0 Å². The molecule has 1 aromatic heterocycles. The highest BCUT2D eigenvalue weighted by Crippen LogP contribution is 2.26. The second-order valence-corrected chi connectivity index (χ2v) is 3.04. The zero-order valence-electron chi connectivity index (χ0n) is 8.47. The lowest BCUT2D eigenvalue weighted by Gasteiger charge is -2.07. The number of nitrogens with two attached hydrogens (primary N) is 1. The number of fused-ring (bicyclic) bond motifs is 1. The monoisotopic (exact) mass is 214 g/mol. The summed E-state index contributed by atoms with van der Waals surface area (Å²) in [7, 11) is 0. The number of nitrogens with one attached hydrogen (secondary N) is 1. The molecule has 2 aromatic rings. The first-order valence-corrected chi connectivity index (χ1v) is 4.65. The molecule has 0 spiro atoms. The Hall–Kier alpha value is -2.32. The molecule has 1 aromatic carbocycles. The fourth-order valence-corrected chi connectivity index (χ4v) is 1.40. The molecule has 0 aliphatic heterocycles. The third-order valence-corrected chi connectivity index (χ3v) is 2.08. The van der Waals surface area contributed by atoms with Gasteiger partial charge in [-0.15, -0.1) is 16.6 Å². The van der Waals surface area contributed by atoms with E-state index in [4.69, 9.17) is 17.0 Å². The standard InChI is InChI=1S/C11H10N4O/c1-2-7-16-11-9-6-4-3-5-8(9)10(13-12)14-15-11/h1,3-6H,7,12H2,(H,13,14). The van der Waals surface area contributed by atoms with E-state index in [-0.39, 0.29) is 6.61 Å². The molecule has 3 N–H and O–H groups in total. The number of aromatic nitrogens is 2. The Morgan fingerprint density at radius 2 is 2.06 bits per heavy atom. The van der Waals surface area contributed by atoms with E-state index in [9.17, 15) is 0 Å². The van der Waals surface area contributed by atoms with Crippen molar-refractivity contribution in [3.8, 4) is 18.2 Å². The van der Waals surface area contributed by atoms with Crippen LogP contribution in [0.25, 0.3) is 10.8 Å². The fraction of sp³-hybridized carbons (Fsp3) is 0.0909. The molecule has 0 saturated carbocycles. The predicted molar refractivity (Wildman–Crippen MR) is 61.7 cm³/mol. The maximum Gasteiger partial charge on any atom is 0.242 e. The number of nitrogens with zero attached hydrogens (tertiary/aromatic N) is 2. The zero-order valence-corrected chi connectivity index (χ0v) is 8.47. The van der Waals surface area contributed by atoms with Gasteiger partial charge in [0.1, 0.15) is 0 Å². The largest absolute Gasteiger partial charge is 0.463 e. The van der Waals surface area contributed by atoms with Crippen LogP contribution in [0.5, 0.6) is 5.88 Å². The van der Waals surface area contributed by atoms with Gasteiger partial charge in [-0.05, 0) is 6.07 Å². The number of nitrogen functional groups attached to an aromatic ring is 1. The van der Waals surface area contributed by atoms with Crippen LogP contribution >= 0.6 is 0 Å². The Morgan fingerprint density at radius 1 is 1.31 bits per heavy atom. The van der Waals surface area contributed by atoms with Gasteiger partial charge in [-0.3, -0.25) is 0 Å². The van der Waals surface area contributed by atoms with Crippen molar-refractivity contribution in [2.24, 2.45) is 5.84 Å². The number of hydrazine groups is 1. The second kappa shape index (κ2) is 4.47. The summed E-state index contributed by atoms with van der Waals surface area (Å²) >= 11 is 0. The van der Waals surface area contributed by atoms with Gasteiger partial charge in [0.15, 0.2) is 12.4 Å². The topological polar surface area (TPSA) is 73.1 Å². The highest BCUT2D eigenvalue weighted by molar-refractivity contribution is 5.94. The van der Waals surface area contributed by atoms with E-state index in [1.54, 1.807) is 0 Å². The molecule has 0 unspecified atom stereocenters. The molecule has 2 rings (SSSR count). The van der Waals surface area contributed by atoms with Crippen molar-refractivity contribution in [1.82, 2.24) is 10.2 Å². The third kappa shape index (κ3) is 1.74. The van der Waals surface area contributed by atoms with E-state index in [2.05, 4.69) is 21.5 Å². The number of terminal acetylenes is 1. The first kappa shape index (κ1) is 10.2. The summed E-state index contributed by atoms with van der Waals surface area (Å²) in [5, 5.41) is 9.46. The van der Waals surface area contributed by atoms with E-state index in [0.717, 1.165) is 10.8 Å². The molecule has 1 heterocycles. The maximum atomic E-state index is 5.34. The molecule has 5 nitrogen and oxygen atoms in total. The van der Waals surface area contributed by atoms with Crippen LogP contribution < -0.4 is 16.0 Å². The Labute approximate surface area is 92.6 Å². The molecule has 80 valence electrons. The van der Waals surface area contributed by atoms with Crippen LogP contribution in [-0.4, -0.2) is 16.8 Å². The summed E-state index contributed by atoms with van der Waals surface area (Å²) in [6.07, 6.45) is 5.12. The van der Waals surface area contributed by atoms with Crippen molar-refractivity contribution < 1.29 is 4.74 Å². The summed E-state index contributed by atoms with van der Waals surface area (Å²) in [6.45, 7) is 0.161. The number of hydrogen-bond donors (Lipinski definition) is 2. The molecular weight excluding hydrogens is 204 g/mol. The Kier molecular flexibility index (Phi) is 2.85. The Balaban J connectivity index is 2.56. The smallest absolute Gasteiger partial charge is 0.242 e. The van der Waals surface area contributed by atoms with Crippen LogP contribution in [-0.2, 0) is 0 Å². The number of hydrogen-bond acceptors (Lipinski definition) is 5. The molecular formula is C11H10N4O. The Morgan fingerprint density at radius 3 is 2.75 bits per heavy atom. The van der Waals surface area contributed by atoms with Crippen LogP contribution in [0.3, 0.4) is 0 Å². The minimum Gasteiger partial charge on any atom is -0.463 e. The molecule has 5 heteroatoms. The molecule has 16 heavy (non-hydrogen) atoms. The van der Waals surface area contributed by atoms with Crippen molar-refractivity contribution in [3.05, 3.63) is 24.3 Å². The average Bonchev–Trinajstić information content (AvgIpc) is 2.36. The van der Waals surface area contributed by atoms with Gasteiger partial charge in [0.2, 0.25) is 5.88 Å². The van der Waals surface area contributed by atoms with Gasteiger partial charge < -0.3 is 10.2 Å². The minimum absolute atomic E-state index is 0.161. The molecule has 0 radical (unpaired) electrons. The van der Waals surface area contributed by atoms with Gasteiger partial charge >= 0.3 is 0 Å². The number of benzene rings is 1. The van der Waals surface area contributed by atoms with Crippen molar-refractivity contribution >= 4 is 16.6 Å². The van der Waals surface area contributed by atoms with Crippen LogP contribution in [0.15, 0.2) is 24.3 Å². The number of rotatable bonds is 3. The van der Waals surface area contributed by atoms with Gasteiger partial charge in [-0.25, -0.2) is 5.84 Å². The normalized spacial score (nSPS) is 9.75. The third-order valence-electron chi connectivity index (χ3n) is 2.08. The van der Waals surface area contributed by atoms with Crippen molar-refractivity contribution in [3.63, 3.8) is 0 Å². The zero-order chi connectivity index (χ0) is 11.4. The number of anilines is 1. The van der Waals surface area contributed by atoms with Gasteiger partial charge in [0.05, 0.1) is 0 Å². The quantitative estimate of drug-likeness (QED) is 0.451. The lowest BCUT2D eigenvalue weighted by molar-refractivity contribution is 0.356. The number of ether oxygens (including phenoxy) is 1. The fourth-order valence-electron chi connectivity index (χ4n) is 1.40. The highest BCUT2D eigenvalue weighted by Gasteiger charge is 2.08. The first-order valence-electron chi connectivity index (χ1n) is 4.65. The van der Waals surface area contributed by atoms with Crippen LogP contribution in [0.1, 0.15) is 0 Å². The van der Waals surface area contributed by atoms with E-state index < -0.39 is 0 Å². The predicted octanol–water partition coefficient (Wildman–Crippen LogP) is 0.927. The lowest BCUT2D eigenvalue weighted by atomic mass is 10.2.